The molecule has 9 rings (SSSR count). The molecule has 3 fully saturated rings. The lowest BCUT2D eigenvalue weighted by Crippen LogP contribution is -2.41. The van der Waals surface area contributed by atoms with Crippen LogP contribution in [0.3, 0.4) is 0 Å². The van der Waals surface area contributed by atoms with Gasteiger partial charge in [0.25, 0.3) is 0 Å². The molecule has 3 aliphatic rings. The molecule has 0 saturated carbocycles. The van der Waals surface area contributed by atoms with Crippen LogP contribution in [0.5, 0.6) is 0 Å². The van der Waals surface area contributed by atoms with Crippen molar-refractivity contribution in [2.75, 3.05) is 13.2 Å². The number of carbonyl (C=O) groups is 2. The van der Waals surface area contributed by atoms with Crippen LogP contribution in [0.2, 0.25) is 0 Å². The number of benzene rings is 2. The molecular formula is C44H50BBrN6O6. The highest BCUT2D eigenvalue weighted by molar-refractivity contribution is 9.10. The maximum Gasteiger partial charge on any atom is 0.494 e. The van der Waals surface area contributed by atoms with E-state index < -0.39 is 0 Å². The number of rotatable bonds is 6. The normalized spacial score (nSPS) is 19.9. The second-order valence-corrected chi connectivity index (χ2v) is 16.7. The predicted octanol–water partition coefficient (Wildman–Crippen LogP) is 9.08. The minimum absolute atomic E-state index is 0.00279. The van der Waals surface area contributed by atoms with E-state index in [1.165, 1.54) is 20.3 Å². The maximum atomic E-state index is 11.6. The number of carbonyl (C=O) groups excluding carboxylic acids is 2. The molecule has 58 heavy (non-hydrogen) atoms. The van der Waals surface area contributed by atoms with Crippen LogP contribution in [0.15, 0.2) is 89.8 Å². The van der Waals surface area contributed by atoms with Crippen molar-refractivity contribution < 1.29 is 28.4 Å². The first-order valence-electron chi connectivity index (χ1n) is 19.9. The van der Waals surface area contributed by atoms with Crippen molar-refractivity contribution in [3.05, 3.63) is 101 Å². The van der Waals surface area contributed by atoms with Crippen molar-refractivity contribution in [2.24, 2.45) is 0 Å². The number of nitrogens with zero attached hydrogens (tertiary/aromatic N) is 6. The Balaban J connectivity index is 0.000000144. The van der Waals surface area contributed by atoms with E-state index in [0.29, 0.717) is 16.0 Å². The summed E-state index contributed by atoms with van der Waals surface area (Å²) in [7, 11) is -0.352. The van der Waals surface area contributed by atoms with E-state index in [1.54, 1.807) is 24.3 Å². The minimum Gasteiger partial charge on any atom is -0.399 e. The van der Waals surface area contributed by atoms with E-state index >= 15 is 0 Å². The number of aromatic nitrogens is 6. The number of Topliss-reactive ketones (excluding diaryl/α,β-unsaturated/α-hetero) is 2. The predicted molar refractivity (Wildman–Crippen MR) is 228 cm³/mol. The SMILES string of the molecule is CC(=O)c1cccc(-c2ccc3cnn(C4CCCCO4)c3c2)n1.CC(=O)c1cccc(Br)n1.CC1(C)OB(c2ccc3cnn(C4CCCCO4)c3c2)OC1(C)C. The van der Waals surface area contributed by atoms with Gasteiger partial charge in [0.1, 0.15) is 16.0 Å². The van der Waals surface area contributed by atoms with E-state index in [2.05, 4.69) is 88.1 Å². The molecule has 302 valence electrons. The second-order valence-electron chi connectivity index (χ2n) is 15.9. The van der Waals surface area contributed by atoms with Crippen LogP contribution in [0.25, 0.3) is 33.1 Å². The first-order valence-corrected chi connectivity index (χ1v) is 20.7. The molecule has 2 atom stereocenters. The topological polar surface area (TPSA) is 132 Å². The Morgan fingerprint density at radius 1 is 0.690 bits per heavy atom. The third kappa shape index (κ3) is 9.32. The van der Waals surface area contributed by atoms with Gasteiger partial charge in [-0.25, -0.2) is 19.3 Å². The van der Waals surface area contributed by atoms with Crippen LogP contribution < -0.4 is 5.46 Å². The van der Waals surface area contributed by atoms with E-state index in [1.807, 2.05) is 46.0 Å². The van der Waals surface area contributed by atoms with Crippen molar-refractivity contribution in [3.8, 4) is 11.3 Å². The molecule has 2 unspecified atom stereocenters. The number of ketones is 2. The Morgan fingerprint density at radius 2 is 1.22 bits per heavy atom. The number of fused-ring (bicyclic) bond motifs is 2. The smallest absolute Gasteiger partial charge is 0.399 e. The molecule has 12 nitrogen and oxygen atoms in total. The largest absolute Gasteiger partial charge is 0.494 e. The Labute approximate surface area is 347 Å². The van der Waals surface area contributed by atoms with Gasteiger partial charge in [-0.05, 0) is 124 Å². The summed E-state index contributed by atoms with van der Waals surface area (Å²) in [5.41, 5.74) is 5.22. The van der Waals surface area contributed by atoms with Crippen molar-refractivity contribution in [1.82, 2.24) is 29.5 Å². The van der Waals surface area contributed by atoms with Gasteiger partial charge >= 0.3 is 7.12 Å². The number of hydrogen-bond acceptors (Lipinski definition) is 10. The standard InChI is InChI=1S/C19H19N3O2.C18H25BN2O3.C7H6BrNO/c1-13(23)16-5-4-6-17(21-16)14-8-9-15-12-20-22(18(15)11-14)19-7-2-3-10-24-19;1-17(2)18(3,4)24-19(23-17)14-9-8-13-12-20-21(15(13)11-14)16-7-5-6-10-22-16;1-5(10)6-3-2-4-7(8)9-6/h4-6,8-9,11-12,19H,2-3,7,10H2,1H3;8-9,11-12,16H,5-7,10H2,1-4H3;2-4H,1H3. The molecule has 0 spiro atoms. The number of ether oxygens (including phenoxy) is 2. The van der Waals surface area contributed by atoms with Crippen molar-refractivity contribution in [1.29, 1.82) is 0 Å². The van der Waals surface area contributed by atoms with E-state index in [-0.39, 0.29) is 42.3 Å². The van der Waals surface area contributed by atoms with Crippen LogP contribution >= 0.6 is 15.9 Å². The van der Waals surface area contributed by atoms with Gasteiger partial charge < -0.3 is 18.8 Å². The average molecular weight is 850 g/mol. The highest BCUT2D eigenvalue weighted by Crippen LogP contribution is 2.37. The lowest BCUT2D eigenvalue weighted by molar-refractivity contribution is -0.0367. The molecule has 0 aliphatic carbocycles. The molecule has 7 heterocycles. The van der Waals surface area contributed by atoms with E-state index in [0.717, 1.165) is 83.8 Å². The molecule has 0 radical (unpaired) electrons. The van der Waals surface area contributed by atoms with Crippen LogP contribution in [-0.2, 0) is 18.8 Å². The summed E-state index contributed by atoms with van der Waals surface area (Å²) >= 11 is 3.17. The van der Waals surface area contributed by atoms with Crippen LogP contribution in [0.1, 0.15) is 114 Å². The molecule has 0 bridgehead atoms. The lowest BCUT2D eigenvalue weighted by Gasteiger charge is -2.32. The summed E-state index contributed by atoms with van der Waals surface area (Å²) in [6.45, 7) is 12.9. The zero-order valence-electron chi connectivity index (χ0n) is 34.0. The van der Waals surface area contributed by atoms with E-state index in [9.17, 15) is 9.59 Å². The molecule has 6 aromatic rings. The number of pyridine rings is 2. The highest BCUT2D eigenvalue weighted by Gasteiger charge is 2.51. The number of halogens is 1. The van der Waals surface area contributed by atoms with Gasteiger partial charge in [-0.3, -0.25) is 9.59 Å². The molecule has 0 amide bonds. The Kier molecular flexibility index (Phi) is 12.7. The molecule has 14 heteroatoms. The van der Waals surface area contributed by atoms with Crippen molar-refractivity contribution in [2.45, 2.75) is 104 Å². The van der Waals surface area contributed by atoms with Gasteiger partial charge in [-0.1, -0.05) is 36.4 Å². The first-order chi connectivity index (χ1) is 27.8. The average Bonchev–Trinajstić information content (AvgIpc) is 3.91. The van der Waals surface area contributed by atoms with Gasteiger partial charge in [0.05, 0.1) is 40.3 Å². The Morgan fingerprint density at radius 3 is 1.74 bits per heavy atom. The quantitative estimate of drug-likeness (QED) is 0.0909. The summed E-state index contributed by atoms with van der Waals surface area (Å²) in [6, 6.07) is 23.2. The second kappa shape index (κ2) is 17.7. The van der Waals surface area contributed by atoms with Gasteiger partial charge in [-0.2, -0.15) is 10.2 Å². The molecular weight excluding hydrogens is 799 g/mol. The van der Waals surface area contributed by atoms with Crippen molar-refractivity contribution in [3.63, 3.8) is 0 Å². The fraction of sp³-hybridized carbons (Fsp3) is 0.409. The first kappa shape index (κ1) is 41.6. The summed E-state index contributed by atoms with van der Waals surface area (Å²) in [5.74, 6) is -0.0418. The number of hydrogen-bond donors (Lipinski definition) is 0. The fourth-order valence-electron chi connectivity index (χ4n) is 7.07. The van der Waals surface area contributed by atoms with Gasteiger partial charge in [0, 0.05) is 43.4 Å². The highest BCUT2D eigenvalue weighted by atomic mass is 79.9. The lowest BCUT2D eigenvalue weighted by atomic mass is 9.79. The monoisotopic (exact) mass is 848 g/mol. The van der Waals surface area contributed by atoms with Crippen LogP contribution in [0, 0.1) is 0 Å². The Hall–Kier alpha value is -4.60. The van der Waals surface area contributed by atoms with Crippen LogP contribution in [0.4, 0.5) is 0 Å². The summed E-state index contributed by atoms with van der Waals surface area (Å²) < 4.78 is 28.8. The Bertz CT molecular complexity index is 2380. The maximum absolute atomic E-state index is 11.6. The minimum atomic E-state index is -0.352. The molecule has 4 aromatic heterocycles. The zero-order valence-corrected chi connectivity index (χ0v) is 35.6. The molecule has 2 aromatic carbocycles. The van der Waals surface area contributed by atoms with Crippen molar-refractivity contribution >= 4 is 61.9 Å². The van der Waals surface area contributed by atoms with E-state index in [4.69, 9.17) is 18.8 Å². The van der Waals surface area contributed by atoms with Crippen LogP contribution in [-0.4, -0.2) is 72.6 Å². The molecule has 0 N–H and O–H groups in total. The van der Waals surface area contributed by atoms with Gasteiger partial charge in [0.15, 0.2) is 24.0 Å². The molecule has 3 saturated heterocycles. The third-order valence-electron chi connectivity index (χ3n) is 11.1. The third-order valence-corrected chi connectivity index (χ3v) is 11.5. The molecule has 3 aliphatic heterocycles. The summed E-state index contributed by atoms with van der Waals surface area (Å²) in [5, 5.41) is 11.3. The zero-order chi connectivity index (χ0) is 41.0. The van der Waals surface area contributed by atoms with Gasteiger partial charge in [0.2, 0.25) is 0 Å². The summed E-state index contributed by atoms with van der Waals surface area (Å²) in [6.07, 6.45) is 10.4. The summed E-state index contributed by atoms with van der Waals surface area (Å²) in [4.78, 5) is 30.7. The fourth-order valence-corrected chi connectivity index (χ4v) is 7.41. The van der Waals surface area contributed by atoms with Gasteiger partial charge in [-0.15, -0.1) is 0 Å².